The maximum Gasteiger partial charge on any atom is 0.472 e. The van der Waals surface area contributed by atoms with Crippen molar-refractivity contribution in [2.75, 3.05) is 33.0 Å². The lowest BCUT2D eigenvalue weighted by molar-refractivity contribution is -0.154. The maximum absolute atomic E-state index is 12.6. The van der Waals surface area contributed by atoms with E-state index in [4.69, 9.17) is 24.3 Å². The minimum Gasteiger partial charge on any atom is -0.457 e. The third-order valence-electron chi connectivity index (χ3n) is 10.00. The molecule has 0 radical (unpaired) electrons. The zero-order valence-electron chi connectivity index (χ0n) is 39.6. The Morgan fingerprint density at radius 1 is 0.484 bits per heavy atom. The van der Waals surface area contributed by atoms with Crippen molar-refractivity contribution < 1.29 is 32.8 Å². The molecule has 356 valence electrons. The van der Waals surface area contributed by atoms with Gasteiger partial charge >= 0.3 is 13.8 Å². The lowest BCUT2D eigenvalue weighted by Gasteiger charge is -2.20. The monoisotopic (exact) mass is 886 g/mol. The molecule has 0 aliphatic carbocycles. The third-order valence-corrected chi connectivity index (χ3v) is 11.0. The number of carbonyl (C=O) groups is 1. The minimum atomic E-state index is -4.29. The summed E-state index contributed by atoms with van der Waals surface area (Å²) in [7, 11) is -4.29. The smallest absolute Gasteiger partial charge is 0.457 e. The summed E-state index contributed by atoms with van der Waals surface area (Å²) in [6.07, 6.45) is 65.8. The number of carbonyl (C=O) groups excluding carboxylic acids is 1. The van der Waals surface area contributed by atoms with Gasteiger partial charge in [0.1, 0.15) is 6.10 Å². The summed E-state index contributed by atoms with van der Waals surface area (Å²) in [4.78, 5) is 22.6. The van der Waals surface area contributed by atoms with E-state index < -0.39 is 13.9 Å². The highest BCUT2D eigenvalue weighted by molar-refractivity contribution is 7.47. The molecule has 0 bridgehead atoms. The Hall–Kier alpha value is -2.58. The molecule has 0 rings (SSSR count). The molecule has 3 N–H and O–H groups in total. The van der Waals surface area contributed by atoms with Crippen LogP contribution in [-0.4, -0.2) is 49.9 Å². The molecule has 0 fully saturated rings. The Kier molecular flexibility index (Phi) is 47.4. The van der Waals surface area contributed by atoms with Gasteiger partial charge in [0.05, 0.1) is 19.8 Å². The molecule has 0 saturated carbocycles. The van der Waals surface area contributed by atoms with Crippen LogP contribution in [0.4, 0.5) is 0 Å². The van der Waals surface area contributed by atoms with Crippen LogP contribution in [0.2, 0.25) is 0 Å². The molecule has 0 aliphatic rings. The first-order valence-corrected chi connectivity index (χ1v) is 26.2. The first-order chi connectivity index (χ1) is 30.4. The van der Waals surface area contributed by atoms with Crippen molar-refractivity contribution >= 4 is 13.8 Å². The van der Waals surface area contributed by atoms with Crippen molar-refractivity contribution in [1.82, 2.24) is 0 Å². The zero-order chi connectivity index (χ0) is 45.1. The van der Waals surface area contributed by atoms with E-state index in [9.17, 15) is 14.3 Å². The van der Waals surface area contributed by atoms with E-state index in [0.29, 0.717) is 13.0 Å². The average Bonchev–Trinajstić information content (AvgIpc) is 3.26. The van der Waals surface area contributed by atoms with E-state index in [-0.39, 0.29) is 32.3 Å². The van der Waals surface area contributed by atoms with Gasteiger partial charge in [0, 0.05) is 19.6 Å². The van der Waals surface area contributed by atoms with E-state index in [1.807, 2.05) is 0 Å². The first-order valence-electron chi connectivity index (χ1n) is 24.7. The summed E-state index contributed by atoms with van der Waals surface area (Å²) in [5.74, 6) is -0.348. The van der Waals surface area contributed by atoms with Gasteiger partial charge < -0.3 is 20.1 Å². The van der Waals surface area contributed by atoms with E-state index in [0.717, 1.165) is 96.3 Å². The number of esters is 1. The van der Waals surface area contributed by atoms with Crippen molar-refractivity contribution in [3.63, 3.8) is 0 Å². The largest absolute Gasteiger partial charge is 0.472 e. The standard InChI is InChI=1S/C53H92NO7P/c1-3-5-7-9-11-13-15-17-19-21-23-24-25-26-27-29-31-33-35-37-39-41-43-45-48-58-50-52(51-60-62(56,57)59-49-47-54)61-53(55)46-44-42-40-38-36-34-32-30-28-22-20-18-16-14-12-10-8-6-4-2/h5-8,11-14,17-20,23-24,28,30,52H,3-4,9-10,15-16,21-22,25-27,29,31-51,54H2,1-2H3,(H,56,57)/b7-5-,8-6-,13-11-,14-12-,19-17-,20-18-,24-23-,30-28-. The second-order valence-electron chi connectivity index (χ2n) is 15.9. The van der Waals surface area contributed by atoms with Crippen LogP contribution >= 0.6 is 7.82 Å². The molecule has 0 aromatic heterocycles. The molecule has 0 spiro atoms. The number of nitrogens with two attached hydrogens (primary N) is 1. The fourth-order valence-corrected chi connectivity index (χ4v) is 7.21. The molecule has 0 heterocycles. The number of unbranched alkanes of at least 4 members (excludes halogenated alkanes) is 17. The molecule has 0 saturated heterocycles. The van der Waals surface area contributed by atoms with Crippen LogP contribution in [0.25, 0.3) is 0 Å². The van der Waals surface area contributed by atoms with Gasteiger partial charge in [0.15, 0.2) is 0 Å². The number of phosphoric acid groups is 1. The number of hydrogen-bond donors (Lipinski definition) is 2. The molecule has 0 aromatic rings. The highest BCUT2D eigenvalue weighted by atomic mass is 31.2. The topological polar surface area (TPSA) is 117 Å². The number of allylic oxidation sites excluding steroid dienone is 16. The molecule has 62 heavy (non-hydrogen) atoms. The van der Waals surface area contributed by atoms with Crippen molar-refractivity contribution in [2.24, 2.45) is 5.73 Å². The maximum atomic E-state index is 12.6. The van der Waals surface area contributed by atoms with Crippen molar-refractivity contribution in [3.8, 4) is 0 Å². The van der Waals surface area contributed by atoms with E-state index in [2.05, 4.69) is 111 Å². The predicted octanol–water partition coefficient (Wildman–Crippen LogP) is 15.4. The summed E-state index contributed by atoms with van der Waals surface area (Å²) in [6, 6.07) is 0. The molecular weight excluding hydrogens is 794 g/mol. The summed E-state index contributed by atoms with van der Waals surface area (Å²) in [6.45, 7) is 4.66. The van der Waals surface area contributed by atoms with Crippen molar-refractivity contribution in [3.05, 3.63) is 97.2 Å². The molecule has 8 nitrogen and oxygen atoms in total. The lowest BCUT2D eigenvalue weighted by Crippen LogP contribution is -2.28. The number of hydrogen-bond acceptors (Lipinski definition) is 7. The Balaban J connectivity index is 4.00. The zero-order valence-corrected chi connectivity index (χ0v) is 40.5. The van der Waals surface area contributed by atoms with E-state index in [1.54, 1.807) is 0 Å². The van der Waals surface area contributed by atoms with Crippen LogP contribution in [0.1, 0.15) is 194 Å². The second kappa shape index (κ2) is 49.4. The normalized spacial score (nSPS) is 14.2. The molecule has 0 aliphatic heterocycles. The van der Waals surface area contributed by atoms with Crippen LogP contribution in [-0.2, 0) is 27.9 Å². The summed E-state index contributed by atoms with van der Waals surface area (Å²) < 4.78 is 33.6. The Morgan fingerprint density at radius 2 is 0.855 bits per heavy atom. The summed E-state index contributed by atoms with van der Waals surface area (Å²) >= 11 is 0. The number of rotatable bonds is 46. The highest BCUT2D eigenvalue weighted by Gasteiger charge is 2.25. The Morgan fingerprint density at radius 3 is 1.27 bits per heavy atom. The van der Waals surface area contributed by atoms with Gasteiger partial charge in [-0.1, -0.05) is 195 Å². The Bertz CT molecular complexity index is 1270. The molecule has 0 aromatic carbocycles. The molecule has 0 amide bonds. The van der Waals surface area contributed by atoms with Crippen LogP contribution in [0.5, 0.6) is 0 Å². The van der Waals surface area contributed by atoms with Crippen LogP contribution in [0.15, 0.2) is 97.2 Å². The SMILES string of the molecule is CC/C=C\C/C=C\C/C=C\C/C=C\CCCCCCCCCCCCCOCC(COP(=O)(O)OCCN)OC(=O)CCCCCCCC/C=C\C/C=C\C/C=C\C/C=C\CC. The fourth-order valence-electron chi connectivity index (χ4n) is 6.45. The van der Waals surface area contributed by atoms with Crippen LogP contribution < -0.4 is 5.73 Å². The second-order valence-corrected chi connectivity index (χ2v) is 17.4. The van der Waals surface area contributed by atoms with Crippen molar-refractivity contribution in [2.45, 2.75) is 200 Å². The lowest BCUT2D eigenvalue weighted by atomic mass is 10.1. The third kappa shape index (κ3) is 48.5. The summed E-state index contributed by atoms with van der Waals surface area (Å²) in [5.41, 5.74) is 5.38. The summed E-state index contributed by atoms with van der Waals surface area (Å²) in [5, 5.41) is 0. The molecule has 2 unspecified atom stereocenters. The van der Waals surface area contributed by atoms with Gasteiger partial charge in [-0.3, -0.25) is 13.8 Å². The van der Waals surface area contributed by atoms with Gasteiger partial charge in [-0.05, 0) is 89.9 Å². The number of ether oxygens (including phenoxy) is 2. The van der Waals surface area contributed by atoms with Gasteiger partial charge in [0.25, 0.3) is 0 Å². The van der Waals surface area contributed by atoms with Gasteiger partial charge in [-0.15, -0.1) is 0 Å². The fraction of sp³-hybridized carbons (Fsp3) is 0.679. The van der Waals surface area contributed by atoms with E-state index in [1.165, 1.54) is 77.0 Å². The highest BCUT2D eigenvalue weighted by Crippen LogP contribution is 2.43. The van der Waals surface area contributed by atoms with E-state index >= 15 is 0 Å². The molecule has 9 heteroatoms. The number of phosphoric ester groups is 1. The van der Waals surface area contributed by atoms with Gasteiger partial charge in [-0.2, -0.15) is 0 Å². The minimum absolute atomic E-state index is 0.0922. The van der Waals surface area contributed by atoms with Gasteiger partial charge in [-0.25, -0.2) is 4.57 Å². The Labute approximate surface area is 380 Å². The quantitative estimate of drug-likeness (QED) is 0.0269. The molecule has 2 atom stereocenters. The van der Waals surface area contributed by atoms with Gasteiger partial charge in [0.2, 0.25) is 0 Å². The van der Waals surface area contributed by atoms with Crippen LogP contribution in [0, 0.1) is 0 Å². The predicted molar refractivity (Wildman–Crippen MR) is 265 cm³/mol. The van der Waals surface area contributed by atoms with Crippen molar-refractivity contribution in [1.29, 1.82) is 0 Å². The molecular formula is C53H92NO7P. The first kappa shape index (κ1) is 59.4. The van der Waals surface area contributed by atoms with Crippen LogP contribution in [0.3, 0.4) is 0 Å². The average molecular weight is 886 g/mol.